The third-order valence-corrected chi connectivity index (χ3v) is 6.09. The zero-order valence-corrected chi connectivity index (χ0v) is 21.1. The van der Waals surface area contributed by atoms with Crippen molar-refractivity contribution in [1.29, 1.82) is 0 Å². The summed E-state index contributed by atoms with van der Waals surface area (Å²) in [5, 5.41) is 0. The Kier molecular flexibility index (Phi) is 11.2. The molecule has 0 aromatic heterocycles. The Morgan fingerprint density at radius 3 is 0.826 bits per heavy atom. The Labute approximate surface area is 235 Å². The van der Waals surface area contributed by atoms with Crippen molar-refractivity contribution >= 4 is 9.76 Å². The van der Waals surface area contributed by atoms with Crippen LogP contribution in [0.4, 0.5) is 123 Å². The summed E-state index contributed by atoms with van der Waals surface area (Å²) in [4.78, 5) is 0. The maximum Gasteiger partial charge on any atom is 0.460 e. The van der Waals surface area contributed by atoms with E-state index in [1.165, 1.54) is 0 Å². The lowest BCUT2D eigenvalue weighted by Gasteiger charge is -2.41. The van der Waals surface area contributed by atoms with Gasteiger partial charge in [0.05, 0.1) is 0 Å². The van der Waals surface area contributed by atoms with Gasteiger partial charge in [0.2, 0.25) is 9.76 Å². The molecule has 0 aliphatic heterocycles. The van der Waals surface area contributed by atoms with Crippen LogP contribution in [0.5, 0.6) is 0 Å². The molecule has 30 heteroatoms. The lowest BCUT2D eigenvalue weighted by molar-refractivity contribution is -0.453. The number of hydrogen-bond acceptors (Lipinski definition) is 1. The van der Waals surface area contributed by atoms with E-state index in [0.717, 1.165) is 0 Å². The highest BCUT2D eigenvalue weighted by Gasteiger charge is 2.94. The maximum atomic E-state index is 13.5. The van der Waals surface area contributed by atoms with Crippen molar-refractivity contribution in [3.8, 4) is 0 Å². The van der Waals surface area contributed by atoms with Crippen molar-refractivity contribution in [2.45, 2.75) is 90.0 Å². The molecule has 0 amide bonds. The summed E-state index contributed by atoms with van der Waals surface area (Å²) in [5.74, 6) is -89.3. The summed E-state index contributed by atoms with van der Waals surface area (Å²) < 4.78 is 367. The van der Waals surface area contributed by atoms with Gasteiger partial charge >= 0.3 is 77.5 Å². The van der Waals surface area contributed by atoms with Crippen LogP contribution in [0.2, 0.25) is 6.04 Å². The molecule has 0 spiro atoms. The Morgan fingerprint density at radius 1 is 0.304 bits per heavy atom. The smallest absolute Gasteiger partial charge is 0.411 e. The molecule has 0 bridgehead atoms. The van der Waals surface area contributed by atoms with Gasteiger partial charge in [-0.15, -0.1) is 0 Å². The summed E-state index contributed by atoms with van der Waals surface area (Å²) in [7, 11) is -2.71. The van der Waals surface area contributed by atoms with Gasteiger partial charge in [0.25, 0.3) is 0 Å². The van der Waals surface area contributed by atoms with Gasteiger partial charge in [0.15, 0.2) is 0 Å². The molecule has 0 rings (SSSR count). The lowest BCUT2D eigenvalue weighted by atomic mass is 9.91. The molecule has 0 saturated heterocycles. The van der Waals surface area contributed by atoms with Gasteiger partial charge in [0, 0.05) is 6.42 Å². The second-order valence-corrected chi connectivity index (χ2v) is 9.58. The molecule has 0 aliphatic rings. The Morgan fingerprint density at radius 2 is 0.543 bits per heavy atom. The first-order chi connectivity index (χ1) is 19.5. The van der Waals surface area contributed by atoms with Gasteiger partial charge in [-0.05, 0) is 6.04 Å². The standard InChI is InChI=1S/C16H6F28OSi/c17-4(18,6(21,22)8(25,26)11(31,32)13(35,36)15(39,40)41)1-2-46-45-3-5(19,20)7(23,24)9(27,28)10(29,30)12(33,34)14(37,38)16(42,43)44/h1-3H2. The molecule has 1 nitrogen and oxygen atoms in total. The molecule has 2 radical (unpaired) electrons. The fourth-order valence-electron chi connectivity index (χ4n) is 2.47. The van der Waals surface area contributed by atoms with Crippen LogP contribution in [0.25, 0.3) is 0 Å². The van der Waals surface area contributed by atoms with Gasteiger partial charge in [-0.1, -0.05) is 0 Å². The average molecular weight is 774 g/mol. The molecule has 0 heterocycles. The molecule has 0 N–H and O–H groups in total. The summed E-state index contributed by atoms with van der Waals surface area (Å²) in [6, 6.07) is -2.36. The fraction of sp³-hybridized carbons (Fsp3) is 1.00. The van der Waals surface area contributed by atoms with E-state index < -0.39 is 106 Å². The number of hydrogen-bond donors (Lipinski definition) is 0. The quantitative estimate of drug-likeness (QED) is 0.0916. The van der Waals surface area contributed by atoms with Gasteiger partial charge in [-0.3, -0.25) is 0 Å². The van der Waals surface area contributed by atoms with Crippen molar-refractivity contribution < 1.29 is 127 Å². The fourth-order valence-corrected chi connectivity index (χ4v) is 3.31. The highest BCUT2D eigenvalue weighted by molar-refractivity contribution is 6.27. The average Bonchev–Trinajstić information content (AvgIpc) is 2.81. The predicted octanol–water partition coefficient (Wildman–Crippen LogP) is 9.54. The first kappa shape index (κ1) is 44.2. The Balaban J connectivity index is 5.97. The highest BCUT2D eigenvalue weighted by Crippen LogP contribution is 2.63. The van der Waals surface area contributed by atoms with Crippen LogP contribution >= 0.6 is 0 Å². The van der Waals surface area contributed by atoms with E-state index in [4.69, 9.17) is 0 Å². The van der Waals surface area contributed by atoms with E-state index in [-0.39, 0.29) is 0 Å². The van der Waals surface area contributed by atoms with E-state index in [1.54, 1.807) is 0 Å². The molecule has 46 heavy (non-hydrogen) atoms. The zero-order chi connectivity index (χ0) is 38.0. The minimum Gasteiger partial charge on any atom is -0.411 e. The predicted molar refractivity (Wildman–Crippen MR) is 87.7 cm³/mol. The maximum absolute atomic E-state index is 13.5. The SMILES string of the molecule is FC(F)(F)C(F)(F)C(F)(F)C(F)(F)C(F)(F)C(F)(F)CC[Si]OCC(F)(F)C(F)(F)C(F)(F)C(F)(F)C(F)(F)C(F)(F)C(F)(F)F. The molecule has 0 aliphatic carbocycles. The van der Waals surface area contributed by atoms with Crippen LogP contribution in [0, 0.1) is 0 Å². The van der Waals surface area contributed by atoms with E-state index in [2.05, 4.69) is 4.43 Å². The largest absolute Gasteiger partial charge is 0.460 e. The van der Waals surface area contributed by atoms with Crippen molar-refractivity contribution in [1.82, 2.24) is 0 Å². The molecular weight excluding hydrogens is 768 g/mol. The summed E-state index contributed by atoms with van der Waals surface area (Å²) in [6.45, 7) is -3.68. The van der Waals surface area contributed by atoms with Gasteiger partial charge in [-0.2, -0.15) is 123 Å². The van der Waals surface area contributed by atoms with Crippen LogP contribution in [0.1, 0.15) is 6.42 Å². The number of rotatable bonds is 15. The van der Waals surface area contributed by atoms with E-state index in [1.807, 2.05) is 0 Å². The Bertz CT molecular complexity index is 1050. The van der Waals surface area contributed by atoms with Crippen LogP contribution in [0.3, 0.4) is 0 Å². The van der Waals surface area contributed by atoms with Gasteiger partial charge in [0.1, 0.15) is 6.61 Å². The minimum atomic E-state index is -8.74. The third kappa shape index (κ3) is 6.24. The molecule has 0 saturated carbocycles. The first-order valence-corrected chi connectivity index (χ1v) is 11.2. The van der Waals surface area contributed by atoms with Crippen molar-refractivity contribution in [3.05, 3.63) is 0 Å². The minimum absolute atomic E-state index is 2.36. The van der Waals surface area contributed by atoms with E-state index in [0.29, 0.717) is 0 Å². The number of alkyl halides is 28. The lowest BCUT2D eigenvalue weighted by Crippen LogP contribution is -2.73. The molecule has 0 fully saturated rings. The normalized spacial score (nSPS) is 16.7. The monoisotopic (exact) mass is 774 g/mol. The topological polar surface area (TPSA) is 9.23 Å². The van der Waals surface area contributed by atoms with Crippen LogP contribution in [-0.2, 0) is 4.43 Å². The van der Waals surface area contributed by atoms with Crippen LogP contribution in [0.15, 0.2) is 0 Å². The second kappa shape index (κ2) is 11.7. The van der Waals surface area contributed by atoms with Crippen molar-refractivity contribution in [2.24, 2.45) is 0 Å². The number of halogens is 28. The Hall–Kier alpha value is -1.78. The third-order valence-electron chi connectivity index (χ3n) is 5.29. The summed E-state index contributed by atoms with van der Waals surface area (Å²) >= 11 is 0. The molecule has 276 valence electrons. The van der Waals surface area contributed by atoms with Crippen LogP contribution in [-0.4, -0.2) is 93.9 Å². The molecule has 0 aromatic rings. The molecular formula is C16H6F28OSi. The van der Waals surface area contributed by atoms with Gasteiger partial charge < -0.3 is 4.43 Å². The zero-order valence-electron chi connectivity index (χ0n) is 20.1. The van der Waals surface area contributed by atoms with E-state index in [9.17, 15) is 123 Å². The molecule has 0 unspecified atom stereocenters. The second-order valence-electron chi connectivity index (χ2n) is 8.51. The molecule has 0 atom stereocenters. The van der Waals surface area contributed by atoms with Crippen LogP contribution < -0.4 is 0 Å². The summed E-state index contributed by atoms with van der Waals surface area (Å²) in [5.41, 5.74) is 0. The molecule has 0 aromatic carbocycles. The van der Waals surface area contributed by atoms with Gasteiger partial charge in [-0.25, -0.2) is 0 Å². The highest BCUT2D eigenvalue weighted by atomic mass is 28.2. The first-order valence-electron chi connectivity index (χ1n) is 10.1. The summed E-state index contributed by atoms with van der Waals surface area (Å²) in [6.07, 6.45) is -18.9. The van der Waals surface area contributed by atoms with Crippen molar-refractivity contribution in [3.63, 3.8) is 0 Å². The van der Waals surface area contributed by atoms with Crippen molar-refractivity contribution in [2.75, 3.05) is 6.61 Å². The van der Waals surface area contributed by atoms with E-state index >= 15 is 0 Å².